The van der Waals surface area contributed by atoms with Crippen molar-refractivity contribution < 1.29 is 4.79 Å². The number of carbonyl (C=O) groups excluding carboxylic acids is 1. The largest absolute Gasteiger partial charge is 0.334 e. The van der Waals surface area contributed by atoms with E-state index in [4.69, 9.17) is 11.6 Å². The van der Waals surface area contributed by atoms with Gasteiger partial charge in [0.25, 0.3) is 5.91 Å². The average Bonchev–Trinajstić information content (AvgIpc) is 3.01. The zero-order valence-electron chi connectivity index (χ0n) is 11.6. The van der Waals surface area contributed by atoms with Gasteiger partial charge in [0.2, 0.25) is 0 Å². The summed E-state index contributed by atoms with van der Waals surface area (Å²) in [7, 11) is 0. The van der Waals surface area contributed by atoms with Gasteiger partial charge >= 0.3 is 0 Å². The predicted octanol–water partition coefficient (Wildman–Crippen LogP) is 3.09. The van der Waals surface area contributed by atoms with E-state index >= 15 is 0 Å². The molecular formula is C16H21ClN2O. The third-order valence-corrected chi connectivity index (χ3v) is 4.81. The molecular weight excluding hydrogens is 272 g/mol. The second-order valence-electron chi connectivity index (χ2n) is 5.74. The van der Waals surface area contributed by atoms with E-state index < -0.39 is 0 Å². The SMILES string of the molecule is O=C(c1ccccc1Cl)N1CCCCC1C1CCCN1. The summed E-state index contributed by atoms with van der Waals surface area (Å²) in [5.41, 5.74) is 0.638. The van der Waals surface area contributed by atoms with Crippen LogP contribution in [0.15, 0.2) is 24.3 Å². The molecule has 2 aliphatic heterocycles. The highest BCUT2D eigenvalue weighted by atomic mass is 35.5. The summed E-state index contributed by atoms with van der Waals surface area (Å²) in [4.78, 5) is 14.9. The molecule has 2 heterocycles. The number of piperidine rings is 1. The van der Waals surface area contributed by atoms with Crippen LogP contribution in [0.2, 0.25) is 5.02 Å². The van der Waals surface area contributed by atoms with E-state index in [1.807, 2.05) is 23.1 Å². The Labute approximate surface area is 125 Å². The summed E-state index contributed by atoms with van der Waals surface area (Å²) in [5, 5.41) is 4.11. The summed E-state index contributed by atoms with van der Waals surface area (Å²) < 4.78 is 0. The Morgan fingerprint density at radius 1 is 1.20 bits per heavy atom. The quantitative estimate of drug-likeness (QED) is 0.908. The van der Waals surface area contributed by atoms with Crippen LogP contribution in [0.5, 0.6) is 0 Å². The van der Waals surface area contributed by atoms with Gasteiger partial charge in [-0.15, -0.1) is 0 Å². The molecule has 20 heavy (non-hydrogen) atoms. The van der Waals surface area contributed by atoms with E-state index in [2.05, 4.69) is 5.32 Å². The summed E-state index contributed by atoms with van der Waals surface area (Å²) >= 11 is 6.18. The zero-order chi connectivity index (χ0) is 13.9. The Balaban J connectivity index is 1.82. The van der Waals surface area contributed by atoms with Gasteiger partial charge in [0.1, 0.15) is 0 Å². The van der Waals surface area contributed by atoms with E-state index in [1.54, 1.807) is 6.07 Å². The van der Waals surface area contributed by atoms with Crippen LogP contribution < -0.4 is 5.32 Å². The van der Waals surface area contributed by atoms with Gasteiger partial charge in [-0.3, -0.25) is 4.79 Å². The Morgan fingerprint density at radius 3 is 2.80 bits per heavy atom. The van der Waals surface area contributed by atoms with Gasteiger partial charge in [0.05, 0.1) is 10.6 Å². The van der Waals surface area contributed by atoms with Crippen molar-refractivity contribution in [3.63, 3.8) is 0 Å². The van der Waals surface area contributed by atoms with Crippen molar-refractivity contribution >= 4 is 17.5 Å². The predicted molar refractivity (Wildman–Crippen MR) is 81.2 cm³/mol. The number of carbonyl (C=O) groups is 1. The molecule has 1 aromatic rings. The molecule has 0 spiro atoms. The van der Waals surface area contributed by atoms with E-state index in [1.165, 1.54) is 19.3 Å². The van der Waals surface area contributed by atoms with Crippen LogP contribution in [0.25, 0.3) is 0 Å². The third kappa shape index (κ3) is 2.70. The van der Waals surface area contributed by atoms with Crippen molar-refractivity contribution in [2.24, 2.45) is 0 Å². The smallest absolute Gasteiger partial charge is 0.255 e. The molecule has 0 aromatic heterocycles. The first-order valence-corrected chi connectivity index (χ1v) is 7.94. The first-order chi connectivity index (χ1) is 9.77. The zero-order valence-corrected chi connectivity index (χ0v) is 12.4. The molecule has 0 radical (unpaired) electrons. The Hall–Kier alpha value is -1.06. The van der Waals surface area contributed by atoms with Gasteiger partial charge < -0.3 is 10.2 Å². The van der Waals surface area contributed by atoms with Crippen molar-refractivity contribution in [1.82, 2.24) is 10.2 Å². The molecule has 2 atom stereocenters. The standard InChI is InChI=1S/C16H21ClN2O/c17-13-7-2-1-6-12(13)16(20)19-11-4-3-9-15(19)14-8-5-10-18-14/h1-2,6-7,14-15,18H,3-5,8-11H2. The Morgan fingerprint density at radius 2 is 2.05 bits per heavy atom. The molecule has 2 aliphatic rings. The number of likely N-dealkylation sites (tertiary alicyclic amines) is 1. The van der Waals surface area contributed by atoms with Crippen LogP contribution in [-0.4, -0.2) is 36.0 Å². The molecule has 108 valence electrons. The molecule has 0 bridgehead atoms. The fourth-order valence-corrected chi connectivity index (χ4v) is 3.67. The van der Waals surface area contributed by atoms with E-state index in [9.17, 15) is 4.79 Å². The second-order valence-corrected chi connectivity index (χ2v) is 6.15. The number of rotatable bonds is 2. The minimum absolute atomic E-state index is 0.0917. The van der Waals surface area contributed by atoms with Crippen LogP contribution in [0.1, 0.15) is 42.5 Å². The Bertz CT molecular complexity index is 485. The lowest BCUT2D eigenvalue weighted by Crippen LogP contribution is -2.52. The van der Waals surface area contributed by atoms with Crippen LogP contribution in [0, 0.1) is 0 Å². The fourth-order valence-electron chi connectivity index (χ4n) is 3.46. The van der Waals surface area contributed by atoms with Crippen LogP contribution in [-0.2, 0) is 0 Å². The van der Waals surface area contributed by atoms with Crippen molar-refractivity contribution in [2.75, 3.05) is 13.1 Å². The lowest BCUT2D eigenvalue weighted by atomic mass is 9.93. The van der Waals surface area contributed by atoms with E-state index in [-0.39, 0.29) is 5.91 Å². The number of halogens is 1. The van der Waals surface area contributed by atoms with E-state index in [0.29, 0.717) is 22.7 Å². The first-order valence-electron chi connectivity index (χ1n) is 7.56. The molecule has 2 fully saturated rings. The molecule has 0 aliphatic carbocycles. The molecule has 4 heteroatoms. The lowest BCUT2D eigenvalue weighted by molar-refractivity contribution is 0.0564. The molecule has 0 saturated carbocycles. The number of nitrogens with one attached hydrogen (secondary N) is 1. The van der Waals surface area contributed by atoms with Crippen molar-refractivity contribution in [3.8, 4) is 0 Å². The highest BCUT2D eigenvalue weighted by Crippen LogP contribution is 2.27. The van der Waals surface area contributed by atoms with Gasteiger partial charge in [-0.25, -0.2) is 0 Å². The summed E-state index contributed by atoms with van der Waals surface area (Å²) in [6.45, 7) is 1.93. The number of benzene rings is 1. The van der Waals surface area contributed by atoms with Crippen LogP contribution in [0.3, 0.4) is 0 Å². The third-order valence-electron chi connectivity index (χ3n) is 4.48. The molecule has 1 amide bonds. The minimum atomic E-state index is 0.0917. The van der Waals surface area contributed by atoms with Crippen molar-refractivity contribution in [1.29, 1.82) is 0 Å². The monoisotopic (exact) mass is 292 g/mol. The summed E-state index contributed by atoms with van der Waals surface area (Å²) in [6.07, 6.45) is 5.81. The fraction of sp³-hybridized carbons (Fsp3) is 0.562. The normalized spacial score (nSPS) is 26.8. The molecule has 3 rings (SSSR count). The van der Waals surface area contributed by atoms with Gasteiger partial charge in [0, 0.05) is 18.6 Å². The van der Waals surface area contributed by atoms with Crippen molar-refractivity contribution in [3.05, 3.63) is 34.9 Å². The lowest BCUT2D eigenvalue weighted by Gasteiger charge is -2.39. The number of nitrogens with zero attached hydrogens (tertiary/aromatic N) is 1. The average molecular weight is 293 g/mol. The summed E-state index contributed by atoms with van der Waals surface area (Å²) in [6, 6.07) is 8.16. The summed E-state index contributed by atoms with van der Waals surface area (Å²) in [5.74, 6) is 0.0917. The molecule has 3 nitrogen and oxygen atoms in total. The topological polar surface area (TPSA) is 32.3 Å². The second kappa shape index (κ2) is 6.15. The van der Waals surface area contributed by atoms with Crippen LogP contribution >= 0.6 is 11.6 Å². The molecule has 2 unspecified atom stereocenters. The number of amides is 1. The highest BCUT2D eigenvalue weighted by molar-refractivity contribution is 6.33. The highest BCUT2D eigenvalue weighted by Gasteiger charge is 2.34. The number of hydrogen-bond donors (Lipinski definition) is 1. The maximum Gasteiger partial charge on any atom is 0.255 e. The Kier molecular flexibility index (Phi) is 4.27. The molecule has 1 aromatic carbocycles. The minimum Gasteiger partial charge on any atom is -0.334 e. The van der Waals surface area contributed by atoms with Gasteiger partial charge in [-0.1, -0.05) is 23.7 Å². The number of hydrogen-bond acceptors (Lipinski definition) is 2. The van der Waals surface area contributed by atoms with Gasteiger partial charge in [-0.2, -0.15) is 0 Å². The van der Waals surface area contributed by atoms with Gasteiger partial charge in [-0.05, 0) is 50.8 Å². The maximum absolute atomic E-state index is 12.8. The molecule has 2 saturated heterocycles. The first kappa shape index (κ1) is 13.9. The van der Waals surface area contributed by atoms with Crippen molar-refractivity contribution in [2.45, 2.75) is 44.2 Å². The van der Waals surface area contributed by atoms with Crippen LogP contribution in [0.4, 0.5) is 0 Å². The van der Waals surface area contributed by atoms with Gasteiger partial charge in [0.15, 0.2) is 0 Å². The maximum atomic E-state index is 12.8. The van der Waals surface area contributed by atoms with E-state index in [0.717, 1.165) is 25.9 Å². The molecule has 1 N–H and O–H groups in total.